The van der Waals surface area contributed by atoms with Gasteiger partial charge in [0.15, 0.2) is 5.82 Å². The molecule has 0 aliphatic rings. The zero-order valence-electron chi connectivity index (χ0n) is 17.7. The van der Waals surface area contributed by atoms with Gasteiger partial charge < -0.3 is 15.0 Å². The molecule has 2 N–H and O–H groups in total. The van der Waals surface area contributed by atoms with Gasteiger partial charge in [0, 0.05) is 16.6 Å². The van der Waals surface area contributed by atoms with Crippen LogP contribution in [0.5, 0.6) is 5.75 Å². The van der Waals surface area contributed by atoms with Crippen molar-refractivity contribution < 1.29 is 4.74 Å². The summed E-state index contributed by atoms with van der Waals surface area (Å²) in [5.74, 6) is 1.24. The topological polar surface area (TPSA) is 97.7 Å². The monoisotopic (exact) mass is 438 g/mol. The van der Waals surface area contributed by atoms with Gasteiger partial charge in [0.2, 0.25) is 0 Å². The predicted molar refractivity (Wildman–Crippen MR) is 121 cm³/mol. The second kappa shape index (κ2) is 8.39. The van der Waals surface area contributed by atoms with E-state index in [1.807, 2.05) is 70.2 Å². The highest BCUT2D eigenvalue weighted by Gasteiger charge is 2.15. The minimum Gasteiger partial charge on any atom is -0.489 e. The Hall–Kier alpha value is -3.39. The molecule has 9 heteroatoms. The molecule has 0 bridgehead atoms. The first-order valence-corrected chi connectivity index (χ1v) is 10.4. The van der Waals surface area contributed by atoms with Crippen molar-refractivity contribution in [2.75, 3.05) is 5.32 Å². The van der Waals surface area contributed by atoms with E-state index in [-0.39, 0.29) is 17.7 Å². The van der Waals surface area contributed by atoms with Crippen LogP contribution in [0.2, 0.25) is 5.02 Å². The van der Waals surface area contributed by atoms with Crippen LogP contribution < -0.4 is 15.6 Å². The second-order valence-electron chi connectivity index (χ2n) is 7.62. The fraction of sp³-hybridized carbons (Fsp3) is 0.273. The Bertz CT molecular complexity index is 1300. The van der Waals surface area contributed by atoms with Crippen LogP contribution >= 0.6 is 11.6 Å². The standard InChI is InChI=1S/C22H23ClN6O2/c1-12(2)31-19-9-8-15-10-18(22(30)25-21(15)20(19)23)13(3)24-16-6-5-7-17(11-16)29-14(4)26-27-28-29/h5-13,24H,1-4H3,(H,25,30)/t13-/m0/s1. The first-order valence-electron chi connectivity index (χ1n) is 9.97. The number of halogens is 1. The van der Waals surface area contributed by atoms with Crippen molar-refractivity contribution in [3.05, 3.63) is 69.2 Å². The molecular formula is C22H23ClN6O2. The van der Waals surface area contributed by atoms with Gasteiger partial charge in [-0.2, -0.15) is 4.68 Å². The van der Waals surface area contributed by atoms with Gasteiger partial charge in [-0.25, -0.2) is 0 Å². The van der Waals surface area contributed by atoms with Crippen LogP contribution in [-0.2, 0) is 0 Å². The Balaban J connectivity index is 1.64. The fourth-order valence-electron chi connectivity index (χ4n) is 3.43. The number of aromatic nitrogens is 5. The summed E-state index contributed by atoms with van der Waals surface area (Å²) in [5.41, 5.74) is 2.64. The molecule has 0 saturated heterocycles. The summed E-state index contributed by atoms with van der Waals surface area (Å²) >= 11 is 6.47. The molecule has 160 valence electrons. The Morgan fingerprint density at radius 3 is 2.68 bits per heavy atom. The number of nitrogens with one attached hydrogen (secondary N) is 2. The summed E-state index contributed by atoms with van der Waals surface area (Å²) in [4.78, 5) is 15.7. The summed E-state index contributed by atoms with van der Waals surface area (Å²) < 4.78 is 7.37. The van der Waals surface area contributed by atoms with Gasteiger partial charge in [-0.15, -0.1) is 5.10 Å². The summed E-state index contributed by atoms with van der Waals surface area (Å²) in [6, 6.07) is 13.0. The number of H-pyrrole nitrogens is 1. The number of anilines is 1. The molecule has 0 aliphatic carbocycles. The number of tetrazole rings is 1. The lowest BCUT2D eigenvalue weighted by molar-refractivity contribution is 0.243. The van der Waals surface area contributed by atoms with Crippen molar-refractivity contribution in [2.24, 2.45) is 0 Å². The van der Waals surface area contributed by atoms with E-state index >= 15 is 0 Å². The predicted octanol–water partition coefficient (Wildman–Crippen LogP) is 4.43. The third kappa shape index (κ3) is 4.25. The number of benzene rings is 2. The molecule has 1 atom stereocenters. The number of rotatable bonds is 6. The minimum absolute atomic E-state index is 0.0157. The van der Waals surface area contributed by atoms with E-state index in [9.17, 15) is 4.79 Å². The van der Waals surface area contributed by atoms with Gasteiger partial charge in [0.25, 0.3) is 5.56 Å². The lowest BCUT2D eigenvalue weighted by Crippen LogP contribution is -2.19. The van der Waals surface area contributed by atoms with Crippen molar-refractivity contribution in [3.8, 4) is 11.4 Å². The van der Waals surface area contributed by atoms with Crippen molar-refractivity contribution >= 4 is 28.2 Å². The van der Waals surface area contributed by atoms with Crippen LogP contribution in [0.3, 0.4) is 0 Å². The molecule has 0 aliphatic heterocycles. The average molecular weight is 439 g/mol. The maximum atomic E-state index is 12.8. The van der Waals surface area contributed by atoms with E-state index in [2.05, 4.69) is 25.8 Å². The summed E-state index contributed by atoms with van der Waals surface area (Å²) in [6.07, 6.45) is -0.0157. The summed E-state index contributed by atoms with van der Waals surface area (Å²) in [6.45, 7) is 7.62. The first kappa shape index (κ1) is 20.9. The molecular weight excluding hydrogens is 416 g/mol. The number of aryl methyl sites for hydroxylation is 1. The van der Waals surface area contributed by atoms with Crippen LogP contribution in [0.25, 0.3) is 16.6 Å². The molecule has 0 unspecified atom stereocenters. The van der Waals surface area contributed by atoms with Gasteiger partial charge in [-0.3, -0.25) is 4.79 Å². The van der Waals surface area contributed by atoms with Gasteiger partial charge >= 0.3 is 0 Å². The minimum atomic E-state index is -0.247. The van der Waals surface area contributed by atoms with E-state index in [4.69, 9.17) is 16.3 Å². The molecule has 0 radical (unpaired) electrons. The highest BCUT2D eigenvalue weighted by Crippen LogP contribution is 2.32. The lowest BCUT2D eigenvalue weighted by Gasteiger charge is -2.17. The normalized spacial score (nSPS) is 12.3. The molecule has 0 spiro atoms. The molecule has 0 amide bonds. The number of ether oxygens (including phenoxy) is 1. The van der Waals surface area contributed by atoms with Gasteiger partial charge in [0.05, 0.1) is 23.3 Å². The fourth-order valence-corrected chi connectivity index (χ4v) is 3.69. The van der Waals surface area contributed by atoms with Crippen LogP contribution in [0, 0.1) is 6.92 Å². The van der Waals surface area contributed by atoms with Crippen molar-refractivity contribution in [2.45, 2.75) is 39.8 Å². The smallest absolute Gasteiger partial charge is 0.253 e. The highest BCUT2D eigenvalue weighted by atomic mass is 35.5. The van der Waals surface area contributed by atoms with Crippen LogP contribution in [0.4, 0.5) is 5.69 Å². The third-order valence-electron chi connectivity index (χ3n) is 4.88. The molecule has 0 saturated carbocycles. The molecule has 2 aromatic carbocycles. The first-order chi connectivity index (χ1) is 14.8. The van der Waals surface area contributed by atoms with Gasteiger partial charge in [0.1, 0.15) is 10.8 Å². The number of fused-ring (bicyclic) bond motifs is 1. The maximum Gasteiger partial charge on any atom is 0.253 e. The van der Waals surface area contributed by atoms with Crippen LogP contribution in [-0.4, -0.2) is 31.3 Å². The number of nitrogens with zero attached hydrogens (tertiary/aromatic N) is 4. The Kier molecular flexibility index (Phi) is 5.65. The van der Waals surface area contributed by atoms with E-state index in [1.54, 1.807) is 4.68 Å². The summed E-state index contributed by atoms with van der Waals surface area (Å²) in [7, 11) is 0. The molecule has 0 fully saturated rings. The number of hydrogen-bond donors (Lipinski definition) is 2. The number of aromatic amines is 1. The largest absolute Gasteiger partial charge is 0.489 e. The zero-order valence-corrected chi connectivity index (χ0v) is 18.4. The second-order valence-corrected chi connectivity index (χ2v) is 7.99. The van der Waals surface area contributed by atoms with E-state index in [1.165, 1.54) is 0 Å². The van der Waals surface area contributed by atoms with E-state index in [0.29, 0.717) is 27.7 Å². The Morgan fingerprint density at radius 1 is 1.16 bits per heavy atom. The Morgan fingerprint density at radius 2 is 1.97 bits per heavy atom. The molecule has 31 heavy (non-hydrogen) atoms. The van der Waals surface area contributed by atoms with E-state index < -0.39 is 0 Å². The molecule has 4 aromatic rings. The quantitative estimate of drug-likeness (QED) is 0.462. The van der Waals surface area contributed by atoms with Crippen molar-refractivity contribution in [1.82, 2.24) is 25.2 Å². The van der Waals surface area contributed by atoms with Crippen LogP contribution in [0.1, 0.15) is 38.2 Å². The zero-order chi connectivity index (χ0) is 22.1. The Labute approximate surface area is 184 Å². The molecule has 4 rings (SSSR count). The van der Waals surface area contributed by atoms with Crippen LogP contribution in [0.15, 0.2) is 47.3 Å². The number of pyridine rings is 1. The van der Waals surface area contributed by atoms with Crippen molar-refractivity contribution in [3.63, 3.8) is 0 Å². The van der Waals surface area contributed by atoms with Gasteiger partial charge in [-0.1, -0.05) is 17.7 Å². The lowest BCUT2D eigenvalue weighted by atomic mass is 10.1. The molecule has 8 nitrogen and oxygen atoms in total. The maximum absolute atomic E-state index is 12.8. The van der Waals surface area contributed by atoms with Gasteiger partial charge in [-0.05, 0) is 74.5 Å². The van der Waals surface area contributed by atoms with Crippen molar-refractivity contribution in [1.29, 1.82) is 0 Å². The van der Waals surface area contributed by atoms with E-state index in [0.717, 1.165) is 16.8 Å². The summed E-state index contributed by atoms with van der Waals surface area (Å²) in [5, 5.41) is 16.2. The third-order valence-corrected chi connectivity index (χ3v) is 5.25. The number of hydrogen-bond acceptors (Lipinski definition) is 6. The molecule has 2 heterocycles. The average Bonchev–Trinajstić information content (AvgIpc) is 3.16. The SMILES string of the molecule is Cc1nnnn1-c1cccc(N[C@@H](C)c2cc3ccc(OC(C)C)c(Cl)c3[nH]c2=O)c1. The molecule has 2 aromatic heterocycles. The highest BCUT2D eigenvalue weighted by molar-refractivity contribution is 6.36.